The average molecular weight is 206 g/mol. The lowest BCUT2D eigenvalue weighted by molar-refractivity contribution is 0.411. The van der Waals surface area contributed by atoms with Crippen molar-refractivity contribution in [2.75, 3.05) is 0 Å². The van der Waals surface area contributed by atoms with Crippen LogP contribution in [-0.2, 0) is 13.6 Å². The molecular weight excluding hydrogens is 196 g/mol. The predicted molar refractivity (Wildman–Crippen MR) is 51.0 cm³/mol. The minimum absolute atomic E-state index is 0.229. The largest absolute Gasteiger partial charge is 0.402 e. The van der Waals surface area contributed by atoms with Crippen LogP contribution in [0.25, 0.3) is 0 Å². The molecule has 15 heavy (non-hydrogen) atoms. The highest BCUT2D eigenvalue weighted by Crippen LogP contribution is 2.17. The first-order valence-electron chi connectivity index (χ1n) is 4.33. The van der Waals surface area contributed by atoms with Gasteiger partial charge in [-0.15, -0.1) is 10.2 Å². The fourth-order valence-electron chi connectivity index (χ4n) is 1.04. The third-order valence-electron chi connectivity index (χ3n) is 1.75. The quantitative estimate of drug-likeness (QED) is 0.751. The number of hydrogen-bond donors (Lipinski definition) is 1. The van der Waals surface area contributed by atoms with E-state index in [1.165, 1.54) is 11.0 Å². The Kier molecular flexibility index (Phi) is 2.55. The summed E-state index contributed by atoms with van der Waals surface area (Å²) in [6.45, 7) is 0.331. The molecule has 0 aliphatic heterocycles. The van der Waals surface area contributed by atoms with Gasteiger partial charge in [-0.25, -0.2) is 0 Å². The van der Waals surface area contributed by atoms with Gasteiger partial charge in [0.1, 0.15) is 6.33 Å². The molecule has 2 aromatic rings. The Morgan fingerprint density at radius 2 is 2.40 bits per heavy atom. The molecule has 7 nitrogen and oxygen atoms in total. The van der Waals surface area contributed by atoms with Crippen LogP contribution in [0.5, 0.6) is 11.9 Å². The van der Waals surface area contributed by atoms with E-state index in [2.05, 4.69) is 20.3 Å². The second-order valence-electron chi connectivity index (χ2n) is 2.87. The van der Waals surface area contributed by atoms with Crippen molar-refractivity contribution in [1.82, 2.24) is 25.0 Å². The van der Waals surface area contributed by atoms with E-state index in [1.807, 2.05) is 0 Å². The molecule has 0 unspecified atom stereocenters. The van der Waals surface area contributed by atoms with Crippen molar-refractivity contribution in [2.45, 2.75) is 6.54 Å². The SMILES string of the molecule is Cn1cnc(Oc2nnccc2CN)n1. The normalized spacial score (nSPS) is 10.3. The van der Waals surface area contributed by atoms with E-state index in [9.17, 15) is 0 Å². The second kappa shape index (κ2) is 4.01. The summed E-state index contributed by atoms with van der Waals surface area (Å²) >= 11 is 0. The smallest absolute Gasteiger partial charge is 0.342 e. The topological polar surface area (TPSA) is 91.7 Å². The monoisotopic (exact) mass is 206 g/mol. The van der Waals surface area contributed by atoms with Gasteiger partial charge in [0.05, 0.1) is 6.20 Å². The van der Waals surface area contributed by atoms with Gasteiger partial charge in [-0.2, -0.15) is 10.1 Å². The Balaban J connectivity index is 2.23. The van der Waals surface area contributed by atoms with Gasteiger partial charge in [0.2, 0.25) is 5.88 Å². The molecule has 0 saturated heterocycles. The molecule has 0 fully saturated rings. The summed E-state index contributed by atoms with van der Waals surface area (Å²) in [5.41, 5.74) is 6.28. The third-order valence-corrected chi connectivity index (χ3v) is 1.75. The Morgan fingerprint density at radius 1 is 1.53 bits per heavy atom. The molecule has 2 aromatic heterocycles. The average Bonchev–Trinajstić information content (AvgIpc) is 2.65. The Bertz CT molecular complexity index is 454. The van der Waals surface area contributed by atoms with E-state index in [-0.39, 0.29) is 6.01 Å². The summed E-state index contributed by atoms with van der Waals surface area (Å²) in [5.74, 6) is 0.339. The van der Waals surface area contributed by atoms with Crippen LogP contribution < -0.4 is 10.5 Å². The number of aryl methyl sites for hydroxylation is 1. The van der Waals surface area contributed by atoms with Crippen LogP contribution in [0, 0.1) is 0 Å². The van der Waals surface area contributed by atoms with Crippen molar-refractivity contribution < 1.29 is 4.74 Å². The molecule has 0 saturated carbocycles. The molecule has 0 aliphatic rings. The highest BCUT2D eigenvalue weighted by molar-refractivity contribution is 5.24. The Hall–Kier alpha value is -2.02. The lowest BCUT2D eigenvalue weighted by atomic mass is 10.3. The maximum Gasteiger partial charge on any atom is 0.342 e. The molecule has 0 spiro atoms. The number of nitrogens with zero attached hydrogens (tertiary/aromatic N) is 5. The van der Waals surface area contributed by atoms with Crippen molar-refractivity contribution in [3.05, 3.63) is 24.2 Å². The van der Waals surface area contributed by atoms with E-state index in [0.717, 1.165) is 5.56 Å². The van der Waals surface area contributed by atoms with Gasteiger partial charge >= 0.3 is 6.01 Å². The second-order valence-corrected chi connectivity index (χ2v) is 2.87. The van der Waals surface area contributed by atoms with Crippen LogP contribution in [0.2, 0.25) is 0 Å². The van der Waals surface area contributed by atoms with Gasteiger partial charge in [-0.3, -0.25) is 4.68 Å². The van der Waals surface area contributed by atoms with Crippen LogP contribution in [0.4, 0.5) is 0 Å². The van der Waals surface area contributed by atoms with Crippen molar-refractivity contribution >= 4 is 0 Å². The lowest BCUT2D eigenvalue weighted by Gasteiger charge is -2.02. The summed E-state index contributed by atoms with van der Waals surface area (Å²) in [4.78, 5) is 3.91. The highest BCUT2D eigenvalue weighted by atomic mass is 16.5. The molecule has 0 atom stereocenters. The van der Waals surface area contributed by atoms with Gasteiger partial charge < -0.3 is 10.5 Å². The van der Waals surface area contributed by atoms with Gasteiger partial charge in [0.25, 0.3) is 0 Å². The van der Waals surface area contributed by atoms with Gasteiger partial charge in [-0.1, -0.05) is 0 Å². The Morgan fingerprint density at radius 3 is 3.07 bits per heavy atom. The molecule has 0 amide bonds. The third kappa shape index (κ3) is 2.08. The summed E-state index contributed by atoms with van der Waals surface area (Å²) < 4.78 is 6.86. The minimum Gasteiger partial charge on any atom is -0.402 e. The highest BCUT2D eigenvalue weighted by Gasteiger charge is 2.07. The molecule has 0 aromatic carbocycles. The maximum absolute atomic E-state index is 5.52. The van der Waals surface area contributed by atoms with E-state index in [0.29, 0.717) is 12.4 Å². The van der Waals surface area contributed by atoms with E-state index in [4.69, 9.17) is 10.5 Å². The number of rotatable bonds is 3. The van der Waals surface area contributed by atoms with Crippen LogP contribution in [0.1, 0.15) is 5.56 Å². The fourth-order valence-corrected chi connectivity index (χ4v) is 1.04. The standard InChI is InChI=1S/C8H10N6O/c1-14-5-10-8(13-14)15-7-6(4-9)2-3-11-12-7/h2-3,5H,4,9H2,1H3. The van der Waals surface area contributed by atoms with E-state index in [1.54, 1.807) is 19.3 Å². The summed E-state index contributed by atoms with van der Waals surface area (Å²) in [6, 6.07) is 1.97. The number of nitrogens with two attached hydrogens (primary N) is 1. The first kappa shape index (κ1) is 9.53. The molecular formula is C8H10N6O. The zero-order chi connectivity index (χ0) is 10.7. The van der Waals surface area contributed by atoms with Crippen molar-refractivity contribution in [2.24, 2.45) is 12.8 Å². The van der Waals surface area contributed by atoms with Crippen molar-refractivity contribution in [3.63, 3.8) is 0 Å². The molecule has 2 rings (SSSR count). The van der Waals surface area contributed by atoms with Crippen LogP contribution in [0.3, 0.4) is 0 Å². The van der Waals surface area contributed by atoms with Crippen molar-refractivity contribution in [3.8, 4) is 11.9 Å². The number of hydrogen-bond acceptors (Lipinski definition) is 6. The zero-order valence-electron chi connectivity index (χ0n) is 8.16. The summed E-state index contributed by atoms with van der Waals surface area (Å²) in [5, 5.41) is 11.5. The minimum atomic E-state index is 0.229. The molecule has 0 aliphatic carbocycles. The van der Waals surface area contributed by atoms with E-state index >= 15 is 0 Å². The molecule has 2 N–H and O–H groups in total. The molecule has 7 heteroatoms. The van der Waals surface area contributed by atoms with Gasteiger partial charge in [0.15, 0.2) is 0 Å². The first-order valence-corrected chi connectivity index (χ1v) is 4.33. The number of aromatic nitrogens is 5. The van der Waals surface area contributed by atoms with Crippen LogP contribution in [0.15, 0.2) is 18.6 Å². The fraction of sp³-hybridized carbons (Fsp3) is 0.250. The van der Waals surface area contributed by atoms with Crippen LogP contribution in [-0.4, -0.2) is 25.0 Å². The van der Waals surface area contributed by atoms with Crippen LogP contribution >= 0.6 is 0 Å². The molecule has 78 valence electrons. The lowest BCUT2D eigenvalue weighted by Crippen LogP contribution is -2.02. The molecule has 0 bridgehead atoms. The zero-order valence-corrected chi connectivity index (χ0v) is 8.16. The maximum atomic E-state index is 5.52. The summed E-state index contributed by atoms with van der Waals surface area (Å²) in [7, 11) is 1.75. The summed E-state index contributed by atoms with van der Waals surface area (Å²) in [6.07, 6.45) is 3.09. The van der Waals surface area contributed by atoms with Gasteiger partial charge in [-0.05, 0) is 6.07 Å². The van der Waals surface area contributed by atoms with E-state index < -0.39 is 0 Å². The molecule has 2 heterocycles. The van der Waals surface area contributed by atoms with Gasteiger partial charge in [0, 0.05) is 19.2 Å². The first-order chi connectivity index (χ1) is 7.29. The van der Waals surface area contributed by atoms with Crippen molar-refractivity contribution in [1.29, 1.82) is 0 Å². The predicted octanol–water partition coefficient (Wildman–Crippen LogP) is -0.144. The molecule has 0 radical (unpaired) electrons. The Labute approximate surface area is 85.9 Å². The number of ether oxygens (including phenoxy) is 1.